The van der Waals surface area contributed by atoms with Crippen LogP contribution in [0.25, 0.3) is 0 Å². The predicted octanol–water partition coefficient (Wildman–Crippen LogP) is 1.48. The Labute approximate surface area is 115 Å². The Morgan fingerprint density at radius 3 is 2.79 bits per heavy atom. The molecule has 0 N–H and O–H groups in total. The maximum absolute atomic E-state index is 4.46. The molecule has 1 aromatic rings. The molecule has 2 saturated heterocycles. The highest BCUT2D eigenvalue weighted by Gasteiger charge is 2.50. The van der Waals surface area contributed by atoms with E-state index in [1.54, 1.807) is 0 Å². The number of rotatable bonds is 4. The van der Waals surface area contributed by atoms with Crippen LogP contribution in [-0.2, 0) is 13.6 Å². The standard InChI is InChI=1S/C15H24N4/c1-17-9-6-16-14(17)11-18-7-4-15(12-18)5-8-19(15)10-13-2-3-13/h6,9,13H,2-5,7-8,10-12H2,1H3/t15-/m1/s1. The van der Waals surface area contributed by atoms with Crippen molar-refractivity contribution in [3.8, 4) is 0 Å². The smallest absolute Gasteiger partial charge is 0.122 e. The molecule has 0 aromatic carbocycles. The third kappa shape index (κ3) is 2.11. The Hall–Kier alpha value is -0.870. The van der Waals surface area contributed by atoms with Crippen LogP contribution in [0.3, 0.4) is 0 Å². The highest BCUT2D eigenvalue weighted by atomic mass is 15.3. The van der Waals surface area contributed by atoms with E-state index in [1.165, 1.54) is 57.7 Å². The van der Waals surface area contributed by atoms with E-state index in [2.05, 4.69) is 26.4 Å². The van der Waals surface area contributed by atoms with Crippen molar-refractivity contribution in [2.75, 3.05) is 26.2 Å². The maximum atomic E-state index is 4.46. The van der Waals surface area contributed by atoms with Crippen LogP contribution in [0.5, 0.6) is 0 Å². The third-order valence-electron chi connectivity index (χ3n) is 5.39. The molecule has 3 fully saturated rings. The average molecular weight is 260 g/mol. The lowest BCUT2D eigenvalue weighted by atomic mass is 9.83. The lowest BCUT2D eigenvalue weighted by molar-refractivity contribution is -0.0108. The third-order valence-corrected chi connectivity index (χ3v) is 5.39. The molecule has 19 heavy (non-hydrogen) atoms. The second kappa shape index (κ2) is 4.32. The summed E-state index contributed by atoms with van der Waals surface area (Å²) in [7, 11) is 2.09. The number of nitrogens with zero attached hydrogens (tertiary/aromatic N) is 4. The van der Waals surface area contributed by atoms with E-state index in [1.807, 2.05) is 12.4 Å². The van der Waals surface area contributed by atoms with Crippen molar-refractivity contribution in [1.29, 1.82) is 0 Å². The van der Waals surface area contributed by atoms with Crippen LogP contribution < -0.4 is 0 Å². The molecule has 1 spiro atoms. The summed E-state index contributed by atoms with van der Waals surface area (Å²) in [6.45, 7) is 6.23. The molecule has 4 rings (SSSR count). The largest absolute Gasteiger partial charge is 0.337 e. The molecule has 1 aromatic heterocycles. The molecule has 3 heterocycles. The molecule has 2 aliphatic heterocycles. The molecule has 1 aliphatic carbocycles. The topological polar surface area (TPSA) is 24.3 Å². The zero-order chi connectivity index (χ0) is 12.9. The van der Waals surface area contributed by atoms with E-state index in [0.29, 0.717) is 5.54 Å². The van der Waals surface area contributed by atoms with Crippen molar-refractivity contribution in [3.63, 3.8) is 0 Å². The highest BCUT2D eigenvalue weighted by molar-refractivity contribution is 5.07. The monoisotopic (exact) mass is 260 g/mol. The van der Waals surface area contributed by atoms with Gasteiger partial charge in [-0.3, -0.25) is 9.80 Å². The number of imidazole rings is 1. The first-order valence-corrected chi connectivity index (χ1v) is 7.69. The van der Waals surface area contributed by atoms with Crippen LogP contribution in [0, 0.1) is 5.92 Å². The summed E-state index contributed by atoms with van der Waals surface area (Å²) in [5.74, 6) is 2.23. The summed E-state index contributed by atoms with van der Waals surface area (Å²) in [6.07, 6.45) is 9.68. The Morgan fingerprint density at radius 2 is 2.16 bits per heavy atom. The van der Waals surface area contributed by atoms with Crippen LogP contribution >= 0.6 is 0 Å². The van der Waals surface area contributed by atoms with Gasteiger partial charge in [-0.05, 0) is 31.6 Å². The summed E-state index contributed by atoms with van der Waals surface area (Å²) in [5, 5.41) is 0. The van der Waals surface area contributed by atoms with Gasteiger partial charge in [0.2, 0.25) is 0 Å². The fourth-order valence-electron chi connectivity index (χ4n) is 3.77. The van der Waals surface area contributed by atoms with E-state index >= 15 is 0 Å². The summed E-state index contributed by atoms with van der Waals surface area (Å²) in [4.78, 5) is 9.84. The molecule has 1 atom stereocenters. The molecule has 1 saturated carbocycles. The van der Waals surface area contributed by atoms with Crippen molar-refractivity contribution < 1.29 is 0 Å². The minimum atomic E-state index is 0.535. The number of hydrogen-bond donors (Lipinski definition) is 0. The molecule has 4 heteroatoms. The minimum absolute atomic E-state index is 0.535. The van der Waals surface area contributed by atoms with Crippen LogP contribution in [0.1, 0.15) is 31.5 Å². The van der Waals surface area contributed by atoms with Crippen LogP contribution in [0.2, 0.25) is 0 Å². The predicted molar refractivity (Wildman–Crippen MR) is 74.7 cm³/mol. The van der Waals surface area contributed by atoms with Gasteiger partial charge in [0.25, 0.3) is 0 Å². The first-order valence-electron chi connectivity index (χ1n) is 7.69. The van der Waals surface area contributed by atoms with Crippen LogP contribution in [0.15, 0.2) is 12.4 Å². The van der Waals surface area contributed by atoms with Gasteiger partial charge in [-0.2, -0.15) is 0 Å². The zero-order valence-electron chi connectivity index (χ0n) is 11.9. The summed E-state index contributed by atoms with van der Waals surface area (Å²) >= 11 is 0. The van der Waals surface area contributed by atoms with Crippen molar-refractivity contribution in [2.45, 2.75) is 37.8 Å². The van der Waals surface area contributed by atoms with Gasteiger partial charge in [-0.1, -0.05) is 0 Å². The fraction of sp³-hybridized carbons (Fsp3) is 0.800. The summed E-state index contributed by atoms with van der Waals surface area (Å²) < 4.78 is 2.15. The lowest BCUT2D eigenvalue weighted by Gasteiger charge is -2.51. The van der Waals surface area contributed by atoms with Gasteiger partial charge in [0, 0.05) is 51.2 Å². The van der Waals surface area contributed by atoms with Crippen molar-refractivity contribution >= 4 is 0 Å². The fourth-order valence-corrected chi connectivity index (χ4v) is 3.77. The van der Waals surface area contributed by atoms with E-state index in [4.69, 9.17) is 0 Å². The summed E-state index contributed by atoms with van der Waals surface area (Å²) in [6, 6.07) is 0. The van der Waals surface area contributed by atoms with E-state index in [-0.39, 0.29) is 0 Å². The Balaban J connectivity index is 1.38. The van der Waals surface area contributed by atoms with Gasteiger partial charge in [0.1, 0.15) is 5.82 Å². The normalized spacial score (nSPS) is 32.1. The molecule has 0 bridgehead atoms. The number of aryl methyl sites for hydroxylation is 1. The second-order valence-corrected chi connectivity index (χ2v) is 6.78. The van der Waals surface area contributed by atoms with Gasteiger partial charge in [0.15, 0.2) is 0 Å². The zero-order valence-corrected chi connectivity index (χ0v) is 11.9. The lowest BCUT2D eigenvalue weighted by Crippen LogP contribution is -2.61. The SMILES string of the molecule is Cn1ccnc1CN1CC[C@@]2(CCN2CC2CC2)C1. The van der Waals surface area contributed by atoms with Crippen molar-refractivity contribution in [1.82, 2.24) is 19.4 Å². The van der Waals surface area contributed by atoms with Gasteiger partial charge < -0.3 is 4.57 Å². The average Bonchev–Trinajstić information content (AvgIpc) is 2.98. The van der Waals surface area contributed by atoms with Crippen LogP contribution in [-0.4, -0.2) is 51.1 Å². The Morgan fingerprint density at radius 1 is 1.32 bits per heavy atom. The number of likely N-dealkylation sites (tertiary alicyclic amines) is 2. The molecule has 3 aliphatic rings. The summed E-state index contributed by atoms with van der Waals surface area (Å²) in [5.41, 5.74) is 0.535. The van der Waals surface area contributed by atoms with Crippen molar-refractivity contribution in [2.24, 2.45) is 13.0 Å². The number of aromatic nitrogens is 2. The molecule has 104 valence electrons. The quantitative estimate of drug-likeness (QED) is 0.819. The van der Waals surface area contributed by atoms with Gasteiger partial charge in [-0.15, -0.1) is 0 Å². The van der Waals surface area contributed by atoms with E-state index < -0.39 is 0 Å². The minimum Gasteiger partial charge on any atom is -0.337 e. The first-order chi connectivity index (χ1) is 9.25. The molecule has 4 nitrogen and oxygen atoms in total. The van der Waals surface area contributed by atoms with Crippen molar-refractivity contribution in [3.05, 3.63) is 18.2 Å². The Bertz CT molecular complexity index is 464. The second-order valence-electron chi connectivity index (χ2n) is 6.78. The molecular weight excluding hydrogens is 236 g/mol. The molecule has 0 radical (unpaired) electrons. The maximum Gasteiger partial charge on any atom is 0.122 e. The molecule has 0 amide bonds. The Kier molecular flexibility index (Phi) is 2.71. The molecular formula is C15H24N4. The highest BCUT2D eigenvalue weighted by Crippen LogP contribution is 2.42. The van der Waals surface area contributed by atoms with E-state index in [9.17, 15) is 0 Å². The van der Waals surface area contributed by atoms with Gasteiger partial charge in [0.05, 0.1) is 6.54 Å². The van der Waals surface area contributed by atoms with Crippen LogP contribution in [0.4, 0.5) is 0 Å². The number of hydrogen-bond acceptors (Lipinski definition) is 3. The van der Waals surface area contributed by atoms with Gasteiger partial charge >= 0.3 is 0 Å². The van der Waals surface area contributed by atoms with Gasteiger partial charge in [-0.25, -0.2) is 4.98 Å². The first kappa shape index (κ1) is 11.9. The van der Waals surface area contributed by atoms with E-state index in [0.717, 1.165) is 12.5 Å². The molecule has 0 unspecified atom stereocenters.